The second kappa shape index (κ2) is 5.52. The van der Waals surface area contributed by atoms with E-state index in [0.717, 1.165) is 26.2 Å². The molecule has 1 N–H and O–H groups in total. The highest BCUT2D eigenvalue weighted by molar-refractivity contribution is 5.47. The third-order valence-corrected chi connectivity index (χ3v) is 3.60. The number of aliphatic hydroxyl groups is 1. The number of hydrogen-bond acceptors (Lipinski definition) is 3. The largest absolute Gasteiger partial charge is 0.395 e. The first kappa shape index (κ1) is 12.4. The lowest BCUT2D eigenvalue weighted by molar-refractivity contribution is 0.128. The van der Waals surface area contributed by atoms with E-state index in [-0.39, 0.29) is 12.6 Å². The monoisotopic (exact) mass is 234 g/mol. The zero-order valence-electron chi connectivity index (χ0n) is 10.8. The molecule has 17 heavy (non-hydrogen) atoms. The van der Waals surface area contributed by atoms with Crippen molar-refractivity contribution in [3.05, 3.63) is 29.8 Å². The summed E-state index contributed by atoms with van der Waals surface area (Å²) in [5.74, 6) is 0. The summed E-state index contributed by atoms with van der Waals surface area (Å²) in [6, 6.07) is 9.01. The molecule has 0 radical (unpaired) electrons. The van der Waals surface area contributed by atoms with Crippen molar-refractivity contribution in [1.29, 1.82) is 0 Å². The fraction of sp³-hybridized carbons (Fsp3) is 0.571. The number of nitrogens with zero attached hydrogens (tertiary/aromatic N) is 2. The molecule has 1 unspecified atom stereocenters. The van der Waals surface area contributed by atoms with Gasteiger partial charge in [-0.15, -0.1) is 0 Å². The zero-order chi connectivity index (χ0) is 12.3. The van der Waals surface area contributed by atoms with Gasteiger partial charge in [0.2, 0.25) is 0 Å². The molecular weight excluding hydrogens is 212 g/mol. The molecule has 0 bridgehead atoms. The summed E-state index contributed by atoms with van der Waals surface area (Å²) in [6.07, 6.45) is 0. The van der Waals surface area contributed by atoms with Gasteiger partial charge in [-0.2, -0.15) is 0 Å². The van der Waals surface area contributed by atoms with Gasteiger partial charge in [-0.25, -0.2) is 0 Å². The van der Waals surface area contributed by atoms with Gasteiger partial charge in [-0.1, -0.05) is 17.7 Å². The van der Waals surface area contributed by atoms with Crippen LogP contribution in [0.2, 0.25) is 0 Å². The Labute approximate surface area is 104 Å². The predicted molar refractivity (Wildman–Crippen MR) is 71.5 cm³/mol. The van der Waals surface area contributed by atoms with Crippen molar-refractivity contribution in [2.75, 3.05) is 37.7 Å². The minimum Gasteiger partial charge on any atom is -0.395 e. The first-order valence-corrected chi connectivity index (χ1v) is 6.37. The molecule has 1 saturated heterocycles. The first-order valence-electron chi connectivity index (χ1n) is 6.37. The Kier molecular flexibility index (Phi) is 4.02. The average Bonchev–Trinajstić information content (AvgIpc) is 2.39. The normalized spacial score (nSPS) is 19.4. The number of rotatable bonds is 3. The molecule has 0 saturated carbocycles. The van der Waals surface area contributed by atoms with E-state index in [0.29, 0.717) is 0 Å². The second-order valence-corrected chi connectivity index (χ2v) is 4.89. The van der Waals surface area contributed by atoms with Gasteiger partial charge in [-0.05, 0) is 26.0 Å². The third kappa shape index (κ3) is 2.99. The average molecular weight is 234 g/mol. The lowest BCUT2D eigenvalue weighted by Gasteiger charge is -2.38. The van der Waals surface area contributed by atoms with Crippen LogP contribution in [0.15, 0.2) is 24.3 Å². The Morgan fingerprint density at radius 1 is 1.12 bits per heavy atom. The fourth-order valence-corrected chi connectivity index (χ4v) is 2.29. The lowest BCUT2D eigenvalue weighted by Crippen LogP contribution is -2.50. The van der Waals surface area contributed by atoms with Crippen molar-refractivity contribution >= 4 is 5.69 Å². The molecule has 3 nitrogen and oxygen atoms in total. The maximum Gasteiger partial charge on any atom is 0.0584 e. The van der Waals surface area contributed by atoms with Crippen LogP contribution in [0.4, 0.5) is 5.69 Å². The predicted octanol–water partition coefficient (Wildman–Crippen LogP) is 1.50. The van der Waals surface area contributed by atoms with E-state index in [9.17, 15) is 0 Å². The molecule has 1 aliphatic heterocycles. The highest BCUT2D eigenvalue weighted by Crippen LogP contribution is 2.17. The number of piperazine rings is 1. The third-order valence-electron chi connectivity index (χ3n) is 3.60. The second-order valence-electron chi connectivity index (χ2n) is 4.89. The van der Waals surface area contributed by atoms with Crippen molar-refractivity contribution < 1.29 is 5.11 Å². The summed E-state index contributed by atoms with van der Waals surface area (Å²) in [7, 11) is 0. The van der Waals surface area contributed by atoms with Crippen LogP contribution in [0.1, 0.15) is 12.5 Å². The molecule has 1 aromatic rings. The van der Waals surface area contributed by atoms with Crippen LogP contribution in [0.3, 0.4) is 0 Å². The number of hydrogen-bond donors (Lipinski definition) is 1. The minimum absolute atomic E-state index is 0.254. The summed E-state index contributed by atoms with van der Waals surface area (Å²) in [5.41, 5.74) is 2.62. The zero-order valence-corrected chi connectivity index (χ0v) is 10.8. The standard InChI is InChI=1S/C14H22N2O/c1-12-3-5-14(6-4-12)16-9-7-15(8-10-16)13(2)11-17/h3-6,13,17H,7-11H2,1-2H3. The molecule has 0 amide bonds. The summed E-state index contributed by atoms with van der Waals surface area (Å²) < 4.78 is 0. The smallest absolute Gasteiger partial charge is 0.0584 e. The Morgan fingerprint density at radius 2 is 1.71 bits per heavy atom. The maximum atomic E-state index is 9.15. The molecule has 1 fully saturated rings. The first-order chi connectivity index (χ1) is 8.20. The fourth-order valence-electron chi connectivity index (χ4n) is 2.29. The minimum atomic E-state index is 0.254. The molecule has 0 spiro atoms. The molecule has 3 heteroatoms. The molecule has 1 aromatic carbocycles. The maximum absolute atomic E-state index is 9.15. The van der Waals surface area contributed by atoms with Gasteiger partial charge < -0.3 is 10.0 Å². The topological polar surface area (TPSA) is 26.7 Å². The van der Waals surface area contributed by atoms with Crippen LogP contribution in [0.25, 0.3) is 0 Å². The van der Waals surface area contributed by atoms with Crippen molar-refractivity contribution in [2.24, 2.45) is 0 Å². The van der Waals surface area contributed by atoms with Crippen LogP contribution in [-0.4, -0.2) is 48.8 Å². The molecule has 1 heterocycles. The van der Waals surface area contributed by atoms with E-state index in [1.54, 1.807) is 0 Å². The van der Waals surface area contributed by atoms with Gasteiger partial charge in [0, 0.05) is 37.9 Å². The molecule has 94 valence electrons. The summed E-state index contributed by atoms with van der Waals surface area (Å²) in [5, 5.41) is 9.15. The molecule has 0 aliphatic carbocycles. The molecule has 0 aromatic heterocycles. The van der Waals surface area contributed by atoms with Crippen molar-refractivity contribution in [1.82, 2.24) is 4.90 Å². The van der Waals surface area contributed by atoms with E-state index < -0.39 is 0 Å². The van der Waals surface area contributed by atoms with Crippen LogP contribution < -0.4 is 4.90 Å². The Balaban J connectivity index is 1.93. The van der Waals surface area contributed by atoms with Crippen LogP contribution in [0, 0.1) is 6.92 Å². The van der Waals surface area contributed by atoms with Crippen LogP contribution >= 0.6 is 0 Å². The van der Waals surface area contributed by atoms with E-state index >= 15 is 0 Å². The van der Waals surface area contributed by atoms with Crippen LogP contribution in [0.5, 0.6) is 0 Å². The highest BCUT2D eigenvalue weighted by Gasteiger charge is 2.20. The van der Waals surface area contributed by atoms with Crippen molar-refractivity contribution in [3.63, 3.8) is 0 Å². The molecule has 1 aliphatic rings. The Hall–Kier alpha value is -1.06. The number of anilines is 1. The van der Waals surface area contributed by atoms with E-state index in [2.05, 4.69) is 47.9 Å². The SMILES string of the molecule is Cc1ccc(N2CCN(C(C)CO)CC2)cc1. The summed E-state index contributed by atoms with van der Waals surface area (Å²) in [4.78, 5) is 4.77. The van der Waals surface area contributed by atoms with Gasteiger partial charge >= 0.3 is 0 Å². The van der Waals surface area contributed by atoms with Gasteiger partial charge in [0.25, 0.3) is 0 Å². The number of benzene rings is 1. The van der Waals surface area contributed by atoms with Gasteiger partial charge in [0.15, 0.2) is 0 Å². The van der Waals surface area contributed by atoms with Gasteiger partial charge in [-0.3, -0.25) is 4.90 Å². The van der Waals surface area contributed by atoms with E-state index in [1.807, 2.05) is 0 Å². The van der Waals surface area contributed by atoms with Crippen LogP contribution in [-0.2, 0) is 0 Å². The lowest BCUT2D eigenvalue weighted by atomic mass is 10.2. The highest BCUT2D eigenvalue weighted by atomic mass is 16.3. The molecular formula is C14H22N2O. The molecule has 1 atom stereocenters. The van der Waals surface area contributed by atoms with E-state index in [4.69, 9.17) is 5.11 Å². The van der Waals surface area contributed by atoms with Crippen molar-refractivity contribution in [3.8, 4) is 0 Å². The van der Waals surface area contributed by atoms with E-state index in [1.165, 1.54) is 11.3 Å². The number of aryl methyl sites for hydroxylation is 1. The quantitative estimate of drug-likeness (QED) is 0.858. The van der Waals surface area contributed by atoms with Gasteiger partial charge in [0.1, 0.15) is 0 Å². The Morgan fingerprint density at radius 3 is 2.24 bits per heavy atom. The summed E-state index contributed by atoms with van der Waals surface area (Å²) in [6.45, 7) is 8.63. The molecule has 2 rings (SSSR count). The number of aliphatic hydroxyl groups excluding tert-OH is 1. The Bertz CT molecular complexity index is 342. The summed E-state index contributed by atoms with van der Waals surface area (Å²) >= 11 is 0. The van der Waals surface area contributed by atoms with Gasteiger partial charge in [0.05, 0.1) is 6.61 Å². The van der Waals surface area contributed by atoms with Crippen molar-refractivity contribution in [2.45, 2.75) is 19.9 Å².